The molecule has 4 aromatic rings. The molecule has 3 aliphatic heterocycles. The Morgan fingerprint density at radius 3 is 2.50 bits per heavy atom. The smallest absolute Gasteiger partial charge is 0.231 e. The van der Waals surface area contributed by atoms with E-state index in [1.54, 1.807) is 12.1 Å². The highest BCUT2D eigenvalue weighted by Gasteiger charge is 2.26. The number of rotatable bonds is 6. The SMILES string of the molecule is O=C(Cc1cn(-c2ccc(N3CCC(N4CCOCC4)CC3)nn2)c2ccccc12)Nc1ccc2c(c1)OCO2. The third-order valence-electron chi connectivity index (χ3n) is 8.04. The number of ether oxygens (including phenoxy) is 3. The second kappa shape index (κ2) is 10.8. The number of benzene rings is 2. The predicted molar refractivity (Wildman–Crippen MR) is 151 cm³/mol. The first-order chi connectivity index (χ1) is 19.7. The van der Waals surface area contributed by atoms with Crippen molar-refractivity contribution in [3.05, 3.63) is 66.4 Å². The van der Waals surface area contributed by atoms with Gasteiger partial charge in [-0.2, -0.15) is 0 Å². The van der Waals surface area contributed by atoms with Gasteiger partial charge in [0.25, 0.3) is 0 Å². The summed E-state index contributed by atoms with van der Waals surface area (Å²) in [4.78, 5) is 17.9. The highest BCUT2D eigenvalue weighted by molar-refractivity contribution is 5.96. The van der Waals surface area contributed by atoms with E-state index in [1.807, 2.05) is 47.2 Å². The van der Waals surface area contributed by atoms with Crippen LogP contribution in [0.2, 0.25) is 0 Å². The number of aromatic nitrogens is 3. The number of amides is 1. The molecule has 0 bridgehead atoms. The van der Waals surface area contributed by atoms with Crippen LogP contribution in [0.5, 0.6) is 11.5 Å². The van der Waals surface area contributed by atoms with Crippen molar-refractivity contribution >= 4 is 28.3 Å². The van der Waals surface area contributed by atoms with Crippen LogP contribution in [-0.4, -0.2) is 77.8 Å². The van der Waals surface area contributed by atoms with Gasteiger partial charge < -0.3 is 24.4 Å². The van der Waals surface area contributed by atoms with E-state index in [0.29, 0.717) is 23.2 Å². The van der Waals surface area contributed by atoms with Gasteiger partial charge in [0.05, 0.1) is 25.2 Å². The summed E-state index contributed by atoms with van der Waals surface area (Å²) in [5, 5.41) is 13.2. The quantitative estimate of drug-likeness (QED) is 0.396. The molecule has 0 unspecified atom stereocenters. The van der Waals surface area contributed by atoms with Crippen LogP contribution in [0.15, 0.2) is 60.8 Å². The molecule has 0 radical (unpaired) electrons. The van der Waals surface area contributed by atoms with Crippen molar-refractivity contribution in [2.24, 2.45) is 0 Å². The lowest BCUT2D eigenvalue weighted by Crippen LogP contribution is -2.49. The molecule has 1 amide bonds. The van der Waals surface area contributed by atoms with Crippen LogP contribution in [0, 0.1) is 0 Å². The average Bonchev–Trinajstić information content (AvgIpc) is 3.62. The van der Waals surface area contributed by atoms with Crippen molar-refractivity contribution in [1.82, 2.24) is 19.7 Å². The lowest BCUT2D eigenvalue weighted by molar-refractivity contribution is -0.115. The fourth-order valence-electron chi connectivity index (χ4n) is 5.95. The molecule has 0 atom stereocenters. The van der Waals surface area contributed by atoms with Gasteiger partial charge >= 0.3 is 0 Å². The minimum atomic E-state index is -0.108. The Bertz CT molecular complexity index is 1510. The number of fused-ring (bicyclic) bond motifs is 2. The molecular weight excluding hydrogens is 508 g/mol. The highest BCUT2D eigenvalue weighted by atomic mass is 16.7. The van der Waals surface area contributed by atoms with Gasteiger partial charge in [-0.25, -0.2) is 0 Å². The zero-order chi connectivity index (χ0) is 26.9. The standard InChI is InChI=1S/C30H32N6O4/c37-30(31-22-5-6-26-27(18-22)40-20-39-26)17-21-19-36(25-4-2-1-3-24(21)25)29-8-7-28(32-33-29)35-11-9-23(10-12-35)34-13-15-38-16-14-34/h1-8,18-19,23H,9-17,20H2,(H,31,37). The van der Waals surface area contributed by atoms with Crippen LogP contribution in [0.3, 0.4) is 0 Å². The summed E-state index contributed by atoms with van der Waals surface area (Å²) < 4.78 is 18.3. The van der Waals surface area contributed by atoms with E-state index < -0.39 is 0 Å². The van der Waals surface area contributed by atoms with Crippen LogP contribution in [-0.2, 0) is 16.0 Å². The van der Waals surface area contributed by atoms with E-state index in [9.17, 15) is 4.79 Å². The number of morpholine rings is 1. The summed E-state index contributed by atoms with van der Waals surface area (Å²) in [5.74, 6) is 2.85. The summed E-state index contributed by atoms with van der Waals surface area (Å²) in [6.45, 7) is 5.90. The van der Waals surface area contributed by atoms with Crippen molar-refractivity contribution in [3.63, 3.8) is 0 Å². The molecule has 0 saturated carbocycles. The largest absolute Gasteiger partial charge is 0.454 e. The normalized spacial score (nSPS) is 17.9. The Hall–Kier alpha value is -4.15. The number of hydrogen-bond acceptors (Lipinski definition) is 8. The number of nitrogens with zero attached hydrogens (tertiary/aromatic N) is 5. The summed E-state index contributed by atoms with van der Waals surface area (Å²) in [7, 11) is 0. The van der Waals surface area contributed by atoms with E-state index in [4.69, 9.17) is 14.2 Å². The summed E-state index contributed by atoms with van der Waals surface area (Å²) in [5.41, 5.74) is 2.58. The topological polar surface area (TPSA) is 94.0 Å². The number of anilines is 2. The number of piperidine rings is 1. The molecule has 206 valence electrons. The molecule has 10 nitrogen and oxygen atoms in total. The molecule has 40 heavy (non-hydrogen) atoms. The van der Waals surface area contributed by atoms with Crippen LogP contribution >= 0.6 is 0 Å². The van der Waals surface area contributed by atoms with Crippen LogP contribution in [0.4, 0.5) is 11.5 Å². The fourth-order valence-corrected chi connectivity index (χ4v) is 5.95. The molecule has 2 saturated heterocycles. The van der Waals surface area contributed by atoms with Gasteiger partial charge in [0.15, 0.2) is 23.1 Å². The Balaban J connectivity index is 1.05. The van der Waals surface area contributed by atoms with E-state index >= 15 is 0 Å². The van der Waals surface area contributed by atoms with Gasteiger partial charge in [0.1, 0.15) is 0 Å². The van der Waals surface area contributed by atoms with E-state index in [0.717, 1.165) is 80.3 Å². The molecular formula is C30H32N6O4. The lowest BCUT2D eigenvalue weighted by Gasteiger charge is -2.40. The van der Waals surface area contributed by atoms with E-state index in [2.05, 4.69) is 31.4 Å². The summed E-state index contributed by atoms with van der Waals surface area (Å²) >= 11 is 0. The molecule has 0 aliphatic carbocycles. The number of nitrogens with one attached hydrogen (secondary N) is 1. The number of carbonyl (C=O) groups is 1. The maximum Gasteiger partial charge on any atom is 0.231 e. The molecule has 2 aromatic carbocycles. The van der Waals surface area contributed by atoms with Crippen LogP contribution < -0.4 is 19.7 Å². The van der Waals surface area contributed by atoms with Crippen molar-refractivity contribution < 1.29 is 19.0 Å². The van der Waals surface area contributed by atoms with Crippen molar-refractivity contribution in [1.29, 1.82) is 0 Å². The monoisotopic (exact) mass is 540 g/mol. The molecule has 0 spiro atoms. The third kappa shape index (κ3) is 4.96. The predicted octanol–water partition coefficient (Wildman–Crippen LogP) is 3.63. The van der Waals surface area contributed by atoms with Gasteiger partial charge in [-0.15, -0.1) is 10.2 Å². The summed E-state index contributed by atoms with van der Waals surface area (Å²) in [6, 6.07) is 18.2. The minimum absolute atomic E-state index is 0.108. The Kier molecular flexibility index (Phi) is 6.70. The van der Waals surface area contributed by atoms with E-state index in [-0.39, 0.29) is 19.1 Å². The first-order valence-electron chi connectivity index (χ1n) is 13.9. The van der Waals surface area contributed by atoms with Gasteiger partial charge in [-0.05, 0) is 48.7 Å². The van der Waals surface area contributed by atoms with E-state index in [1.165, 1.54) is 0 Å². The van der Waals surface area contributed by atoms with Gasteiger partial charge in [-0.1, -0.05) is 18.2 Å². The minimum Gasteiger partial charge on any atom is -0.454 e. The number of para-hydroxylation sites is 1. The van der Waals surface area contributed by atoms with Gasteiger partial charge in [0, 0.05) is 55.6 Å². The highest BCUT2D eigenvalue weighted by Crippen LogP contribution is 2.34. The van der Waals surface area contributed by atoms with Gasteiger partial charge in [-0.3, -0.25) is 14.3 Å². The molecule has 2 fully saturated rings. The maximum absolute atomic E-state index is 13.0. The third-order valence-corrected chi connectivity index (χ3v) is 8.04. The first-order valence-corrected chi connectivity index (χ1v) is 13.9. The zero-order valence-corrected chi connectivity index (χ0v) is 22.3. The van der Waals surface area contributed by atoms with Crippen molar-refractivity contribution in [2.45, 2.75) is 25.3 Å². The number of carbonyl (C=O) groups excluding carboxylic acids is 1. The second-order valence-electron chi connectivity index (χ2n) is 10.5. The first kappa shape index (κ1) is 24.9. The van der Waals surface area contributed by atoms with Crippen LogP contribution in [0.1, 0.15) is 18.4 Å². The lowest BCUT2D eigenvalue weighted by atomic mass is 10.0. The second-order valence-corrected chi connectivity index (χ2v) is 10.5. The Labute approximate surface area is 232 Å². The van der Waals surface area contributed by atoms with Crippen molar-refractivity contribution in [3.8, 4) is 17.3 Å². The zero-order valence-electron chi connectivity index (χ0n) is 22.3. The van der Waals surface area contributed by atoms with Gasteiger partial charge in [0.2, 0.25) is 12.7 Å². The average molecular weight is 541 g/mol. The molecule has 7 rings (SSSR count). The molecule has 3 aliphatic rings. The Morgan fingerprint density at radius 2 is 1.68 bits per heavy atom. The molecule has 10 heteroatoms. The molecule has 5 heterocycles. The van der Waals surface area contributed by atoms with Crippen molar-refractivity contribution in [2.75, 3.05) is 56.4 Å². The Morgan fingerprint density at radius 1 is 0.900 bits per heavy atom. The number of hydrogen-bond donors (Lipinski definition) is 1. The molecule has 1 N–H and O–H groups in total. The molecule has 2 aromatic heterocycles. The fraction of sp³-hybridized carbons (Fsp3) is 0.367. The van der Waals surface area contributed by atoms with Crippen LogP contribution in [0.25, 0.3) is 16.7 Å². The maximum atomic E-state index is 13.0. The summed E-state index contributed by atoms with van der Waals surface area (Å²) in [6.07, 6.45) is 4.47.